The molecule has 108 valence electrons. The van der Waals surface area contributed by atoms with E-state index in [-0.39, 0.29) is 11.9 Å². The van der Waals surface area contributed by atoms with Gasteiger partial charge in [-0.05, 0) is 54.2 Å². The Morgan fingerprint density at radius 2 is 2.19 bits per heavy atom. The largest absolute Gasteiger partial charge is 0.349 e. The second-order valence-corrected chi connectivity index (χ2v) is 5.68. The first kappa shape index (κ1) is 13.8. The summed E-state index contributed by atoms with van der Waals surface area (Å²) in [5.41, 5.74) is 9.91. The fraction of sp³-hybridized carbons (Fsp3) is 0.353. The lowest BCUT2D eigenvalue weighted by Gasteiger charge is -2.08. The molecule has 2 aromatic rings. The summed E-state index contributed by atoms with van der Waals surface area (Å²) in [5.74, 6) is -0.311. The highest BCUT2D eigenvalue weighted by Crippen LogP contribution is 2.28. The molecule has 4 heteroatoms. The van der Waals surface area contributed by atoms with E-state index in [2.05, 4.69) is 18.5 Å². The number of rotatable bonds is 2. The maximum absolute atomic E-state index is 13.4. The summed E-state index contributed by atoms with van der Waals surface area (Å²) in [6, 6.07) is 6.50. The molecule has 0 saturated carbocycles. The molecule has 0 saturated heterocycles. The van der Waals surface area contributed by atoms with Crippen LogP contribution in [0.5, 0.6) is 0 Å². The first-order valence-electron chi connectivity index (χ1n) is 7.30. The number of hydrogen-bond donors (Lipinski definition) is 1. The van der Waals surface area contributed by atoms with Crippen molar-refractivity contribution >= 4 is 0 Å². The second-order valence-electron chi connectivity index (χ2n) is 5.68. The van der Waals surface area contributed by atoms with Gasteiger partial charge < -0.3 is 10.3 Å². The molecule has 1 unspecified atom stereocenters. The Bertz CT molecular complexity index is 697. The van der Waals surface area contributed by atoms with Crippen molar-refractivity contribution in [2.45, 2.75) is 38.3 Å². The average Bonchev–Trinajstić information content (AvgIpc) is 2.79. The normalized spacial score (nSPS) is 17.9. The zero-order valence-electron chi connectivity index (χ0n) is 11.8. The minimum Gasteiger partial charge on any atom is -0.349 e. The topological polar surface area (TPSA) is 54.7 Å². The summed E-state index contributed by atoms with van der Waals surface area (Å²) < 4.78 is 15.4. The number of nitrogens with zero attached hydrogens (tertiary/aromatic N) is 2. The van der Waals surface area contributed by atoms with Crippen molar-refractivity contribution in [1.29, 1.82) is 5.26 Å². The van der Waals surface area contributed by atoms with Crippen LogP contribution in [0.2, 0.25) is 0 Å². The van der Waals surface area contributed by atoms with Gasteiger partial charge in [0.1, 0.15) is 5.82 Å². The monoisotopic (exact) mass is 283 g/mol. The third kappa shape index (κ3) is 2.84. The molecule has 1 heterocycles. The molecule has 2 N–H and O–H groups in total. The van der Waals surface area contributed by atoms with E-state index < -0.39 is 0 Å². The van der Waals surface area contributed by atoms with Crippen LogP contribution in [0.4, 0.5) is 4.39 Å². The van der Waals surface area contributed by atoms with Crippen LogP contribution in [0.3, 0.4) is 0 Å². The van der Waals surface area contributed by atoms with Gasteiger partial charge in [0.25, 0.3) is 0 Å². The number of halogens is 1. The number of fused-ring (bicyclic) bond motifs is 1. The Hall–Kier alpha value is -2.12. The van der Waals surface area contributed by atoms with Gasteiger partial charge in [0, 0.05) is 25.0 Å². The number of benzene rings is 1. The van der Waals surface area contributed by atoms with E-state index in [1.807, 2.05) is 4.57 Å². The zero-order chi connectivity index (χ0) is 14.8. The Kier molecular flexibility index (Phi) is 3.76. The Morgan fingerprint density at radius 1 is 1.33 bits per heavy atom. The van der Waals surface area contributed by atoms with Crippen molar-refractivity contribution in [2.75, 3.05) is 0 Å². The smallest absolute Gasteiger partial charge is 0.123 e. The number of nitrogens with two attached hydrogens (primary N) is 1. The Balaban J connectivity index is 1.91. The van der Waals surface area contributed by atoms with E-state index in [0.29, 0.717) is 17.7 Å². The molecule has 1 aliphatic rings. The van der Waals surface area contributed by atoms with E-state index in [0.717, 1.165) is 19.3 Å². The molecule has 0 spiro atoms. The molecule has 1 aromatic heterocycles. The van der Waals surface area contributed by atoms with Crippen LogP contribution in [0.25, 0.3) is 0 Å². The zero-order valence-corrected chi connectivity index (χ0v) is 11.8. The van der Waals surface area contributed by atoms with Crippen molar-refractivity contribution in [3.63, 3.8) is 0 Å². The molecule has 0 fully saturated rings. The van der Waals surface area contributed by atoms with Crippen LogP contribution in [-0.2, 0) is 13.0 Å². The molecule has 0 bridgehead atoms. The molecular formula is C17H18FN3. The van der Waals surface area contributed by atoms with Crippen molar-refractivity contribution in [3.8, 4) is 6.07 Å². The number of nitriles is 1. The van der Waals surface area contributed by atoms with Crippen LogP contribution in [0.15, 0.2) is 30.6 Å². The van der Waals surface area contributed by atoms with Crippen LogP contribution in [0, 0.1) is 17.1 Å². The van der Waals surface area contributed by atoms with E-state index in [4.69, 9.17) is 11.0 Å². The van der Waals surface area contributed by atoms with Crippen LogP contribution < -0.4 is 5.73 Å². The summed E-state index contributed by atoms with van der Waals surface area (Å²) >= 11 is 0. The first-order valence-corrected chi connectivity index (χ1v) is 7.30. The van der Waals surface area contributed by atoms with Crippen LogP contribution in [-0.4, -0.2) is 4.57 Å². The fourth-order valence-electron chi connectivity index (χ4n) is 3.04. The number of aromatic nitrogens is 1. The standard InChI is InChI=1S/C17H18FN3/c18-15-6-5-12(8-19)14(7-15)10-21-9-13-3-1-2-4-17(20)16(13)11-21/h5-7,9,11,17H,1-4,10,20H2. The van der Waals surface area contributed by atoms with Gasteiger partial charge in [-0.2, -0.15) is 5.26 Å². The third-order valence-corrected chi connectivity index (χ3v) is 4.15. The molecule has 1 atom stereocenters. The number of hydrogen-bond acceptors (Lipinski definition) is 2. The van der Waals surface area contributed by atoms with Gasteiger partial charge in [-0.25, -0.2) is 4.39 Å². The first-order chi connectivity index (χ1) is 10.2. The van der Waals surface area contributed by atoms with Crippen molar-refractivity contribution < 1.29 is 4.39 Å². The molecular weight excluding hydrogens is 265 g/mol. The molecule has 3 nitrogen and oxygen atoms in total. The summed E-state index contributed by atoms with van der Waals surface area (Å²) in [7, 11) is 0. The SMILES string of the molecule is N#Cc1ccc(F)cc1Cn1cc2c(c1)C(N)CCCC2. The lowest BCUT2D eigenvalue weighted by molar-refractivity contribution is 0.608. The predicted molar refractivity (Wildman–Crippen MR) is 79.1 cm³/mol. The van der Waals surface area contributed by atoms with E-state index >= 15 is 0 Å². The minimum absolute atomic E-state index is 0.0895. The van der Waals surface area contributed by atoms with Gasteiger partial charge in [-0.3, -0.25) is 0 Å². The maximum atomic E-state index is 13.4. The molecule has 0 amide bonds. The highest BCUT2D eigenvalue weighted by molar-refractivity contribution is 5.38. The molecule has 3 rings (SSSR count). The van der Waals surface area contributed by atoms with Gasteiger partial charge >= 0.3 is 0 Å². The second kappa shape index (κ2) is 5.71. The van der Waals surface area contributed by atoms with Crippen molar-refractivity contribution in [1.82, 2.24) is 4.57 Å². The average molecular weight is 283 g/mol. The quantitative estimate of drug-likeness (QED) is 0.860. The Morgan fingerprint density at radius 3 is 3.00 bits per heavy atom. The predicted octanol–water partition coefficient (Wildman–Crippen LogP) is 3.27. The lowest BCUT2D eigenvalue weighted by Crippen LogP contribution is -2.09. The van der Waals surface area contributed by atoms with Gasteiger partial charge in [-0.1, -0.05) is 6.42 Å². The van der Waals surface area contributed by atoms with Crippen LogP contribution in [0.1, 0.15) is 47.6 Å². The van der Waals surface area contributed by atoms with Crippen LogP contribution >= 0.6 is 0 Å². The number of aryl methyl sites for hydroxylation is 1. The molecule has 1 aliphatic carbocycles. The fourth-order valence-corrected chi connectivity index (χ4v) is 3.04. The minimum atomic E-state index is -0.311. The van der Waals surface area contributed by atoms with E-state index in [9.17, 15) is 4.39 Å². The highest BCUT2D eigenvalue weighted by Gasteiger charge is 2.17. The summed E-state index contributed by atoms with van der Waals surface area (Å²) in [6.45, 7) is 0.500. The van der Waals surface area contributed by atoms with Gasteiger partial charge in [0.2, 0.25) is 0 Å². The molecule has 0 aliphatic heterocycles. The van der Waals surface area contributed by atoms with Crippen molar-refractivity contribution in [2.24, 2.45) is 5.73 Å². The van der Waals surface area contributed by atoms with E-state index in [1.165, 1.54) is 35.7 Å². The van der Waals surface area contributed by atoms with Crippen molar-refractivity contribution in [3.05, 3.63) is 58.7 Å². The summed E-state index contributed by atoms with van der Waals surface area (Å²) in [6.07, 6.45) is 8.53. The lowest BCUT2D eigenvalue weighted by atomic mass is 10.1. The highest BCUT2D eigenvalue weighted by atomic mass is 19.1. The Labute approximate surface area is 123 Å². The van der Waals surface area contributed by atoms with Gasteiger partial charge in [-0.15, -0.1) is 0 Å². The third-order valence-electron chi connectivity index (χ3n) is 4.15. The molecule has 1 aromatic carbocycles. The maximum Gasteiger partial charge on any atom is 0.123 e. The van der Waals surface area contributed by atoms with E-state index in [1.54, 1.807) is 0 Å². The summed E-state index contributed by atoms with van der Waals surface area (Å²) in [5, 5.41) is 9.13. The summed E-state index contributed by atoms with van der Waals surface area (Å²) in [4.78, 5) is 0. The molecule has 0 radical (unpaired) electrons. The van der Waals surface area contributed by atoms with Gasteiger partial charge in [0.05, 0.1) is 11.6 Å². The van der Waals surface area contributed by atoms with Gasteiger partial charge in [0.15, 0.2) is 0 Å². The molecule has 21 heavy (non-hydrogen) atoms.